The zero-order chi connectivity index (χ0) is 13.9. The van der Waals surface area contributed by atoms with Gasteiger partial charge in [0.15, 0.2) is 9.84 Å². The fraction of sp³-hybridized carbons (Fsp3) is 0.923. The Hall–Kier alpha value is -0.620. The van der Waals surface area contributed by atoms with E-state index in [1.807, 2.05) is 11.9 Å². The maximum Gasteiger partial charge on any atom is 0.234 e. The molecular formula is C13H24N2O3S. The predicted molar refractivity (Wildman–Crippen MR) is 74.7 cm³/mol. The maximum absolute atomic E-state index is 11.9. The van der Waals surface area contributed by atoms with Crippen molar-refractivity contribution in [1.29, 1.82) is 0 Å². The summed E-state index contributed by atoms with van der Waals surface area (Å²) in [6.45, 7) is 0.302. The summed E-state index contributed by atoms with van der Waals surface area (Å²) in [6.07, 6.45) is 6.46. The zero-order valence-electron chi connectivity index (χ0n) is 11.6. The third-order valence-electron chi connectivity index (χ3n) is 4.20. The monoisotopic (exact) mass is 288 g/mol. The fourth-order valence-corrected chi connectivity index (χ4v) is 4.80. The summed E-state index contributed by atoms with van der Waals surface area (Å²) >= 11 is 0. The molecule has 110 valence electrons. The summed E-state index contributed by atoms with van der Waals surface area (Å²) in [6, 6.07) is 0.323. The number of nitrogens with zero attached hydrogens (tertiary/aromatic N) is 1. The molecule has 1 heterocycles. The van der Waals surface area contributed by atoms with Crippen molar-refractivity contribution in [2.75, 3.05) is 25.1 Å². The Morgan fingerprint density at radius 1 is 1.21 bits per heavy atom. The fourth-order valence-electron chi connectivity index (χ4n) is 3.00. The lowest BCUT2D eigenvalue weighted by Crippen LogP contribution is -2.44. The highest BCUT2D eigenvalue weighted by atomic mass is 32.2. The number of rotatable bonds is 4. The van der Waals surface area contributed by atoms with Crippen LogP contribution in [0.15, 0.2) is 0 Å². The Morgan fingerprint density at radius 3 is 2.47 bits per heavy atom. The summed E-state index contributed by atoms with van der Waals surface area (Å²) < 4.78 is 22.8. The Labute approximate surface area is 115 Å². The molecule has 1 saturated carbocycles. The van der Waals surface area contributed by atoms with Crippen LogP contribution in [0.5, 0.6) is 0 Å². The van der Waals surface area contributed by atoms with Gasteiger partial charge in [-0.15, -0.1) is 0 Å². The van der Waals surface area contributed by atoms with Crippen molar-refractivity contribution in [1.82, 2.24) is 10.2 Å². The molecule has 1 amide bonds. The van der Waals surface area contributed by atoms with Crippen LogP contribution in [0.25, 0.3) is 0 Å². The minimum absolute atomic E-state index is 0.00195. The van der Waals surface area contributed by atoms with Crippen molar-refractivity contribution < 1.29 is 13.2 Å². The standard InChI is InChI=1S/C13H24N2O3S/c1-15(12-7-8-19(17,18)10-12)9-13(16)14-11-5-3-2-4-6-11/h11-12H,2-10H2,1H3,(H,14,16)/t12-/m1/s1. The minimum atomic E-state index is -2.88. The molecule has 0 aromatic carbocycles. The molecule has 0 aromatic heterocycles. The highest BCUT2D eigenvalue weighted by Crippen LogP contribution is 2.18. The summed E-state index contributed by atoms with van der Waals surface area (Å²) in [5.41, 5.74) is 0. The smallest absolute Gasteiger partial charge is 0.234 e. The van der Waals surface area contributed by atoms with E-state index in [1.165, 1.54) is 19.3 Å². The average molecular weight is 288 g/mol. The first-order chi connectivity index (χ1) is 8.96. The van der Waals surface area contributed by atoms with Crippen molar-refractivity contribution >= 4 is 15.7 Å². The molecule has 0 spiro atoms. The van der Waals surface area contributed by atoms with Crippen LogP contribution in [-0.4, -0.2) is 56.4 Å². The van der Waals surface area contributed by atoms with Crippen LogP contribution >= 0.6 is 0 Å². The Bertz CT molecular complexity index is 416. The largest absolute Gasteiger partial charge is 0.352 e. The second-order valence-electron chi connectivity index (χ2n) is 5.87. The molecule has 1 atom stereocenters. The van der Waals surface area contributed by atoms with Gasteiger partial charge in [-0.25, -0.2) is 8.42 Å². The third kappa shape index (κ3) is 4.45. The van der Waals surface area contributed by atoms with Crippen LogP contribution in [-0.2, 0) is 14.6 Å². The molecule has 5 nitrogen and oxygen atoms in total. The Morgan fingerprint density at radius 2 is 1.89 bits per heavy atom. The van der Waals surface area contributed by atoms with Crippen LogP contribution in [0.2, 0.25) is 0 Å². The third-order valence-corrected chi connectivity index (χ3v) is 5.95. The highest BCUT2D eigenvalue weighted by Gasteiger charge is 2.31. The van der Waals surface area contributed by atoms with E-state index in [9.17, 15) is 13.2 Å². The molecule has 0 unspecified atom stereocenters. The van der Waals surface area contributed by atoms with Crippen LogP contribution in [0, 0.1) is 0 Å². The van der Waals surface area contributed by atoms with Crippen molar-refractivity contribution in [3.8, 4) is 0 Å². The lowest BCUT2D eigenvalue weighted by Gasteiger charge is -2.26. The van der Waals surface area contributed by atoms with Crippen LogP contribution in [0.1, 0.15) is 38.5 Å². The molecule has 1 saturated heterocycles. The van der Waals surface area contributed by atoms with Gasteiger partial charge in [0.2, 0.25) is 5.91 Å². The number of carbonyl (C=O) groups is 1. The quantitative estimate of drug-likeness (QED) is 0.820. The summed E-state index contributed by atoms with van der Waals surface area (Å²) in [7, 11) is -1.04. The van der Waals surface area contributed by atoms with E-state index in [0.29, 0.717) is 19.0 Å². The predicted octanol–water partition coefficient (Wildman–Crippen LogP) is 0.554. The van der Waals surface area contributed by atoms with Gasteiger partial charge in [-0.05, 0) is 26.3 Å². The van der Waals surface area contributed by atoms with E-state index in [2.05, 4.69) is 5.32 Å². The lowest BCUT2D eigenvalue weighted by atomic mass is 9.95. The molecule has 1 aliphatic carbocycles. The summed E-state index contributed by atoms with van der Waals surface area (Å²) in [5, 5.41) is 3.06. The number of hydrogen-bond donors (Lipinski definition) is 1. The maximum atomic E-state index is 11.9. The first-order valence-corrected chi connectivity index (χ1v) is 8.98. The first kappa shape index (κ1) is 14.8. The highest BCUT2D eigenvalue weighted by molar-refractivity contribution is 7.91. The Kier molecular flexibility index (Phi) is 4.84. The molecule has 0 radical (unpaired) electrons. The molecular weight excluding hydrogens is 264 g/mol. The minimum Gasteiger partial charge on any atom is -0.352 e. The number of likely N-dealkylation sites (N-methyl/N-ethyl adjacent to an activating group) is 1. The van der Waals surface area contributed by atoms with E-state index < -0.39 is 9.84 Å². The van der Waals surface area contributed by atoms with Crippen molar-refractivity contribution in [3.05, 3.63) is 0 Å². The van der Waals surface area contributed by atoms with E-state index in [1.54, 1.807) is 0 Å². The Balaban J connectivity index is 1.75. The van der Waals surface area contributed by atoms with Gasteiger partial charge < -0.3 is 5.32 Å². The van der Waals surface area contributed by atoms with Crippen molar-refractivity contribution in [2.45, 2.75) is 50.6 Å². The number of amides is 1. The number of nitrogens with one attached hydrogen (secondary N) is 1. The molecule has 1 N–H and O–H groups in total. The number of sulfone groups is 1. The topological polar surface area (TPSA) is 66.5 Å². The van der Waals surface area contributed by atoms with Gasteiger partial charge in [-0.3, -0.25) is 9.69 Å². The van der Waals surface area contributed by atoms with Crippen molar-refractivity contribution in [2.24, 2.45) is 0 Å². The SMILES string of the molecule is CN(CC(=O)NC1CCCCC1)[C@@H]1CCS(=O)(=O)C1. The van der Waals surface area contributed by atoms with Gasteiger partial charge >= 0.3 is 0 Å². The lowest BCUT2D eigenvalue weighted by molar-refractivity contribution is -0.123. The molecule has 19 heavy (non-hydrogen) atoms. The number of hydrogen-bond acceptors (Lipinski definition) is 4. The van der Waals surface area contributed by atoms with Gasteiger partial charge in [0.25, 0.3) is 0 Å². The second kappa shape index (κ2) is 6.22. The summed E-state index contributed by atoms with van der Waals surface area (Å²) in [5.74, 6) is 0.477. The molecule has 6 heteroatoms. The molecule has 0 aromatic rings. The van der Waals surface area contributed by atoms with Gasteiger partial charge in [-0.2, -0.15) is 0 Å². The molecule has 1 aliphatic heterocycles. The normalized spacial score (nSPS) is 27.6. The van der Waals surface area contributed by atoms with E-state index in [-0.39, 0.29) is 23.5 Å². The second-order valence-corrected chi connectivity index (χ2v) is 8.10. The van der Waals surface area contributed by atoms with Gasteiger partial charge in [0.1, 0.15) is 0 Å². The molecule has 0 bridgehead atoms. The van der Waals surface area contributed by atoms with Gasteiger partial charge in [0, 0.05) is 12.1 Å². The molecule has 2 rings (SSSR count). The zero-order valence-corrected chi connectivity index (χ0v) is 12.4. The summed E-state index contributed by atoms with van der Waals surface area (Å²) in [4.78, 5) is 13.8. The molecule has 2 aliphatic rings. The van der Waals surface area contributed by atoms with Crippen LogP contribution < -0.4 is 5.32 Å². The number of carbonyl (C=O) groups excluding carboxylic acids is 1. The van der Waals surface area contributed by atoms with Crippen LogP contribution in [0.3, 0.4) is 0 Å². The van der Waals surface area contributed by atoms with E-state index in [4.69, 9.17) is 0 Å². The van der Waals surface area contributed by atoms with E-state index >= 15 is 0 Å². The van der Waals surface area contributed by atoms with Crippen molar-refractivity contribution in [3.63, 3.8) is 0 Å². The first-order valence-electron chi connectivity index (χ1n) is 7.16. The van der Waals surface area contributed by atoms with Gasteiger partial charge in [0.05, 0.1) is 18.1 Å². The van der Waals surface area contributed by atoms with Crippen LogP contribution in [0.4, 0.5) is 0 Å². The van der Waals surface area contributed by atoms with E-state index in [0.717, 1.165) is 12.8 Å². The molecule has 2 fully saturated rings. The average Bonchev–Trinajstić information content (AvgIpc) is 2.71. The van der Waals surface area contributed by atoms with Gasteiger partial charge in [-0.1, -0.05) is 19.3 Å².